The summed E-state index contributed by atoms with van der Waals surface area (Å²) in [6.45, 7) is 3.13. The molecule has 3 heterocycles. The topological polar surface area (TPSA) is 73.8 Å². The lowest BCUT2D eigenvalue weighted by Crippen LogP contribution is -2.31. The van der Waals surface area contributed by atoms with Crippen molar-refractivity contribution in [2.45, 2.75) is 19.9 Å². The summed E-state index contributed by atoms with van der Waals surface area (Å²) in [5, 5.41) is 0.642. The monoisotopic (exact) mass is 447 g/mol. The van der Waals surface area contributed by atoms with E-state index >= 15 is 0 Å². The minimum Gasteiger partial charge on any atom is -0.494 e. The van der Waals surface area contributed by atoms with E-state index in [1.807, 2.05) is 55.5 Å². The molecule has 1 amide bonds. The van der Waals surface area contributed by atoms with Crippen LogP contribution in [0, 0.1) is 0 Å². The van der Waals surface area contributed by atoms with Crippen molar-refractivity contribution in [3.05, 3.63) is 72.1 Å². The van der Waals surface area contributed by atoms with Gasteiger partial charge in [0.2, 0.25) is 12.7 Å². The zero-order chi connectivity index (χ0) is 21.9. The van der Waals surface area contributed by atoms with Gasteiger partial charge in [-0.2, -0.15) is 0 Å². The van der Waals surface area contributed by atoms with Gasteiger partial charge in [-0.05, 0) is 54.4 Å². The van der Waals surface area contributed by atoms with Gasteiger partial charge in [0.1, 0.15) is 5.75 Å². The first kappa shape index (κ1) is 20.3. The average molecular weight is 448 g/mol. The Bertz CT molecular complexity index is 1260. The maximum atomic E-state index is 13.4. The number of aromatic nitrogens is 2. The number of pyridine rings is 1. The molecule has 0 radical (unpaired) electrons. The molecule has 4 aromatic rings. The maximum Gasteiger partial charge on any atom is 0.233 e. The van der Waals surface area contributed by atoms with Crippen LogP contribution in [-0.2, 0) is 17.8 Å². The number of ether oxygens (including phenoxy) is 3. The number of nitrogens with zero attached hydrogens (tertiary/aromatic N) is 3. The second kappa shape index (κ2) is 8.84. The van der Waals surface area contributed by atoms with Crippen LogP contribution in [0.3, 0.4) is 0 Å². The summed E-state index contributed by atoms with van der Waals surface area (Å²) < 4.78 is 17.4. The highest BCUT2D eigenvalue weighted by molar-refractivity contribution is 7.22. The fourth-order valence-corrected chi connectivity index (χ4v) is 4.53. The van der Waals surface area contributed by atoms with Gasteiger partial charge in [-0.15, -0.1) is 0 Å². The van der Waals surface area contributed by atoms with Crippen LogP contribution < -0.4 is 19.1 Å². The zero-order valence-corrected chi connectivity index (χ0v) is 18.3. The zero-order valence-electron chi connectivity index (χ0n) is 17.5. The molecule has 2 aromatic heterocycles. The van der Waals surface area contributed by atoms with Crippen molar-refractivity contribution in [2.24, 2.45) is 0 Å². The minimum atomic E-state index is -0.0585. The standard InChI is InChI=1S/C24H21N3O4S/c1-2-29-18-6-7-19-22(12-18)32-24(26-19)27(14-17-4-3-9-25-13-17)23(28)11-16-5-8-20-21(10-16)31-15-30-20/h3-10,12-13H,2,11,14-15H2,1H3. The number of anilines is 1. The smallest absolute Gasteiger partial charge is 0.233 e. The van der Waals surface area contributed by atoms with Gasteiger partial charge in [-0.1, -0.05) is 23.5 Å². The quantitative estimate of drug-likeness (QED) is 0.412. The van der Waals surface area contributed by atoms with E-state index in [4.69, 9.17) is 19.2 Å². The van der Waals surface area contributed by atoms with Gasteiger partial charge in [0.05, 0.1) is 29.8 Å². The molecule has 1 aliphatic heterocycles. The van der Waals surface area contributed by atoms with Crippen molar-refractivity contribution in [1.29, 1.82) is 0 Å². The van der Waals surface area contributed by atoms with E-state index in [0.29, 0.717) is 29.8 Å². The largest absolute Gasteiger partial charge is 0.494 e. The SMILES string of the molecule is CCOc1ccc2nc(N(Cc3cccnc3)C(=O)Cc3ccc4c(c3)OCO4)sc2c1. The van der Waals surface area contributed by atoms with Crippen molar-refractivity contribution in [1.82, 2.24) is 9.97 Å². The summed E-state index contributed by atoms with van der Waals surface area (Å²) in [5.74, 6) is 2.10. The number of carbonyl (C=O) groups excluding carboxylic acids is 1. The van der Waals surface area contributed by atoms with Crippen LogP contribution in [0.25, 0.3) is 10.2 Å². The summed E-state index contributed by atoms with van der Waals surface area (Å²) in [7, 11) is 0. The number of carbonyl (C=O) groups is 1. The number of thiazole rings is 1. The Morgan fingerprint density at radius 1 is 1.12 bits per heavy atom. The lowest BCUT2D eigenvalue weighted by Gasteiger charge is -2.20. The third-order valence-corrected chi connectivity index (χ3v) is 6.09. The van der Waals surface area contributed by atoms with Crippen LogP contribution in [0.2, 0.25) is 0 Å². The van der Waals surface area contributed by atoms with Gasteiger partial charge in [0.15, 0.2) is 16.6 Å². The average Bonchev–Trinajstić information content (AvgIpc) is 3.44. The fourth-order valence-electron chi connectivity index (χ4n) is 3.52. The third kappa shape index (κ3) is 4.22. The predicted molar refractivity (Wildman–Crippen MR) is 122 cm³/mol. The predicted octanol–water partition coefficient (Wildman–Crippen LogP) is 4.59. The van der Waals surface area contributed by atoms with Crippen molar-refractivity contribution in [3.63, 3.8) is 0 Å². The van der Waals surface area contributed by atoms with Crippen molar-refractivity contribution in [3.8, 4) is 17.2 Å². The highest BCUT2D eigenvalue weighted by Gasteiger charge is 2.22. The first-order valence-electron chi connectivity index (χ1n) is 10.3. The molecule has 0 bridgehead atoms. The molecule has 1 aliphatic rings. The first-order valence-corrected chi connectivity index (χ1v) is 11.1. The van der Waals surface area contributed by atoms with E-state index in [2.05, 4.69) is 4.98 Å². The Labute approximate surface area is 189 Å². The van der Waals surface area contributed by atoms with Crippen molar-refractivity contribution < 1.29 is 19.0 Å². The van der Waals surface area contributed by atoms with E-state index in [1.165, 1.54) is 11.3 Å². The Kier molecular flexibility index (Phi) is 5.60. The van der Waals surface area contributed by atoms with E-state index in [1.54, 1.807) is 17.3 Å². The summed E-state index contributed by atoms with van der Waals surface area (Å²) in [4.78, 5) is 24.1. The Morgan fingerprint density at radius 2 is 2.03 bits per heavy atom. The molecule has 0 fully saturated rings. The molecule has 7 nitrogen and oxygen atoms in total. The molecule has 32 heavy (non-hydrogen) atoms. The molecule has 8 heteroatoms. The number of rotatable bonds is 7. The summed E-state index contributed by atoms with van der Waals surface area (Å²) in [6, 6.07) is 15.2. The first-order chi connectivity index (χ1) is 15.7. The molecule has 0 N–H and O–H groups in total. The maximum absolute atomic E-state index is 13.4. The van der Waals surface area contributed by atoms with E-state index in [-0.39, 0.29) is 19.1 Å². The fraction of sp³-hybridized carbons (Fsp3) is 0.208. The number of hydrogen-bond acceptors (Lipinski definition) is 7. The molecular weight excluding hydrogens is 426 g/mol. The van der Waals surface area contributed by atoms with Crippen LogP contribution in [-0.4, -0.2) is 29.3 Å². The molecule has 0 aliphatic carbocycles. The molecule has 0 atom stereocenters. The molecule has 0 spiro atoms. The Hall–Kier alpha value is -3.65. The third-order valence-electron chi connectivity index (χ3n) is 5.05. The molecule has 0 saturated carbocycles. The lowest BCUT2D eigenvalue weighted by atomic mass is 10.1. The Balaban J connectivity index is 1.46. The number of hydrogen-bond donors (Lipinski definition) is 0. The number of fused-ring (bicyclic) bond motifs is 2. The van der Waals surface area contributed by atoms with Crippen molar-refractivity contribution in [2.75, 3.05) is 18.3 Å². The summed E-state index contributed by atoms with van der Waals surface area (Å²) in [5.41, 5.74) is 2.62. The van der Waals surface area contributed by atoms with Crippen molar-refractivity contribution >= 4 is 32.6 Å². The van der Waals surface area contributed by atoms with Gasteiger partial charge in [-0.3, -0.25) is 14.7 Å². The van der Waals surface area contributed by atoms with Crippen LogP contribution in [0.1, 0.15) is 18.1 Å². The van der Waals surface area contributed by atoms with Gasteiger partial charge in [-0.25, -0.2) is 4.98 Å². The number of benzene rings is 2. The lowest BCUT2D eigenvalue weighted by molar-refractivity contribution is -0.118. The highest BCUT2D eigenvalue weighted by Crippen LogP contribution is 2.34. The highest BCUT2D eigenvalue weighted by atomic mass is 32.1. The molecule has 0 unspecified atom stereocenters. The van der Waals surface area contributed by atoms with E-state index in [9.17, 15) is 4.79 Å². The van der Waals surface area contributed by atoms with Gasteiger partial charge in [0.25, 0.3) is 0 Å². The van der Waals surface area contributed by atoms with Gasteiger partial charge >= 0.3 is 0 Å². The molecule has 2 aromatic carbocycles. The summed E-state index contributed by atoms with van der Waals surface area (Å²) >= 11 is 1.47. The van der Waals surface area contributed by atoms with Gasteiger partial charge in [0, 0.05) is 12.4 Å². The molecular formula is C24H21N3O4S. The molecule has 0 saturated heterocycles. The van der Waals surface area contributed by atoms with Crippen LogP contribution in [0.4, 0.5) is 5.13 Å². The minimum absolute atomic E-state index is 0.0585. The Morgan fingerprint density at radius 3 is 2.88 bits per heavy atom. The van der Waals surface area contributed by atoms with E-state index < -0.39 is 0 Å². The van der Waals surface area contributed by atoms with Gasteiger partial charge < -0.3 is 14.2 Å². The van der Waals surface area contributed by atoms with E-state index in [0.717, 1.165) is 27.1 Å². The normalized spacial score (nSPS) is 12.2. The van der Waals surface area contributed by atoms with Crippen LogP contribution >= 0.6 is 11.3 Å². The summed E-state index contributed by atoms with van der Waals surface area (Å²) in [6.07, 6.45) is 3.70. The van der Waals surface area contributed by atoms with Crippen LogP contribution in [0.15, 0.2) is 60.9 Å². The molecule has 5 rings (SSSR count). The molecule has 162 valence electrons. The second-order valence-corrected chi connectivity index (χ2v) is 8.27. The number of amides is 1. The second-order valence-electron chi connectivity index (χ2n) is 7.26. The van der Waals surface area contributed by atoms with Crippen LogP contribution in [0.5, 0.6) is 17.2 Å².